The molecule has 0 amide bonds. The van der Waals surface area contributed by atoms with Crippen molar-refractivity contribution in [3.8, 4) is 28.4 Å². The third kappa shape index (κ3) is 3.66. The standard InChI is InChI=1S/C28H22BrNO3/c29-21-8-6-19(7-9-21)24-17-23-25(14-20(15-26(23)31)18-4-2-1-3-5-18)30(24)22-10-11-27-28(16-22)33-13-12-32-27/h1-11,16-17,20H,12-15H2/t20-/m1/s1. The predicted octanol–water partition coefficient (Wildman–Crippen LogP) is 6.59. The monoisotopic (exact) mass is 499 g/mol. The largest absolute Gasteiger partial charge is 0.486 e. The van der Waals surface area contributed by atoms with Crippen LogP contribution in [0.1, 0.15) is 34.0 Å². The second kappa shape index (κ2) is 8.23. The van der Waals surface area contributed by atoms with Crippen LogP contribution in [-0.4, -0.2) is 23.6 Å². The zero-order valence-corrected chi connectivity index (χ0v) is 19.5. The molecule has 1 aromatic heterocycles. The summed E-state index contributed by atoms with van der Waals surface area (Å²) in [4.78, 5) is 13.3. The Morgan fingerprint density at radius 1 is 0.818 bits per heavy atom. The van der Waals surface area contributed by atoms with E-state index in [2.05, 4.69) is 50.8 Å². The van der Waals surface area contributed by atoms with E-state index in [0.29, 0.717) is 19.6 Å². The Morgan fingerprint density at radius 3 is 2.36 bits per heavy atom. The normalized spacial score (nSPS) is 17.0. The third-order valence-corrected chi connectivity index (χ3v) is 7.00. The van der Waals surface area contributed by atoms with Gasteiger partial charge in [0.05, 0.1) is 5.69 Å². The van der Waals surface area contributed by atoms with Crippen LogP contribution in [0.4, 0.5) is 0 Å². The number of benzene rings is 3. The Bertz CT molecular complexity index is 1340. The molecule has 33 heavy (non-hydrogen) atoms. The van der Waals surface area contributed by atoms with Gasteiger partial charge in [0.25, 0.3) is 0 Å². The number of hydrogen-bond donors (Lipinski definition) is 0. The van der Waals surface area contributed by atoms with Crippen molar-refractivity contribution in [2.45, 2.75) is 18.8 Å². The number of fused-ring (bicyclic) bond motifs is 2. The second-order valence-electron chi connectivity index (χ2n) is 8.50. The van der Waals surface area contributed by atoms with Gasteiger partial charge in [0.1, 0.15) is 13.2 Å². The van der Waals surface area contributed by atoms with Crippen molar-refractivity contribution >= 4 is 21.7 Å². The number of hydrogen-bond acceptors (Lipinski definition) is 3. The van der Waals surface area contributed by atoms with Gasteiger partial charge in [-0.15, -0.1) is 0 Å². The summed E-state index contributed by atoms with van der Waals surface area (Å²) in [5, 5.41) is 0. The van der Waals surface area contributed by atoms with Crippen LogP contribution in [-0.2, 0) is 6.42 Å². The molecule has 1 aliphatic carbocycles. The first-order valence-corrected chi connectivity index (χ1v) is 12.0. The van der Waals surface area contributed by atoms with Crippen LogP contribution in [0.3, 0.4) is 0 Å². The van der Waals surface area contributed by atoms with Crippen LogP contribution in [0.5, 0.6) is 11.5 Å². The average Bonchev–Trinajstić information content (AvgIpc) is 3.25. The maximum Gasteiger partial charge on any atom is 0.165 e. The Hall–Kier alpha value is -3.31. The molecular formula is C28H22BrNO3. The number of Topliss-reactive ketones (excluding diaryl/α,β-unsaturated/α-hetero) is 1. The van der Waals surface area contributed by atoms with Gasteiger partial charge < -0.3 is 14.0 Å². The Balaban J connectivity index is 1.54. The van der Waals surface area contributed by atoms with Crippen LogP contribution >= 0.6 is 15.9 Å². The number of rotatable bonds is 3. The lowest BCUT2D eigenvalue weighted by atomic mass is 9.82. The second-order valence-corrected chi connectivity index (χ2v) is 9.41. The molecule has 0 saturated heterocycles. The van der Waals surface area contributed by atoms with Gasteiger partial charge in [-0.3, -0.25) is 4.79 Å². The fourth-order valence-electron chi connectivity index (χ4n) is 4.89. The quantitative estimate of drug-likeness (QED) is 0.319. The minimum Gasteiger partial charge on any atom is -0.486 e. The van der Waals surface area contributed by atoms with Gasteiger partial charge in [-0.25, -0.2) is 0 Å². The highest BCUT2D eigenvalue weighted by molar-refractivity contribution is 9.10. The first kappa shape index (κ1) is 20.3. The van der Waals surface area contributed by atoms with E-state index >= 15 is 0 Å². The highest BCUT2D eigenvalue weighted by Crippen LogP contribution is 2.41. The smallest absolute Gasteiger partial charge is 0.165 e. The summed E-state index contributed by atoms with van der Waals surface area (Å²) in [5.74, 6) is 1.86. The van der Waals surface area contributed by atoms with E-state index in [1.807, 2.05) is 48.5 Å². The van der Waals surface area contributed by atoms with E-state index in [1.165, 1.54) is 5.56 Å². The summed E-state index contributed by atoms with van der Waals surface area (Å²) in [6.45, 7) is 1.09. The maximum absolute atomic E-state index is 13.3. The van der Waals surface area contributed by atoms with Gasteiger partial charge in [0, 0.05) is 33.9 Å². The highest BCUT2D eigenvalue weighted by atomic mass is 79.9. The Labute approximate surface area is 200 Å². The lowest BCUT2D eigenvalue weighted by Crippen LogP contribution is -2.20. The van der Waals surface area contributed by atoms with Crippen molar-refractivity contribution in [3.63, 3.8) is 0 Å². The molecule has 0 radical (unpaired) electrons. The molecule has 0 N–H and O–H groups in total. The van der Waals surface area contributed by atoms with Crippen molar-refractivity contribution in [2.75, 3.05) is 13.2 Å². The maximum atomic E-state index is 13.3. The van der Waals surface area contributed by atoms with Crippen molar-refractivity contribution < 1.29 is 14.3 Å². The first-order chi connectivity index (χ1) is 16.2. The fraction of sp³-hybridized carbons (Fsp3) is 0.179. The van der Waals surface area contributed by atoms with Gasteiger partial charge in [-0.2, -0.15) is 0 Å². The van der Waals surface area contributed by atoms with Crippen LogP contribution in [0.25, 0.3) is 16.9 Å². The van der Waals surface area contributed by atoms with Crippen molar-refractivity contribution in [2.24, 2.45) is 0 Å². The highest BCUT2D eigenvalue weighted by Gasteiger charge is 2.31. The summed E-state index contributed by atoms with van der Waals surface area (Å²) in [6, 6.07) is 26.7. The van der Waals surface area contributed by atoms with Crippen molar-refractivity contribution in [1.29, 1.82) is 0 Å². The molecule has 0 bridgehead atoms. The number of nitrogens with zero attached hydrogens (tertiary/aromatic N) is 1. The molecule has 0 spiro atoms. The molecular weight excluding hydrogens is 478 g/mol. The SMILES string of the molecule is O=C1C[C@H](c2ccccc2)Cc2c1cc(-c1ccc(Br)cc1)n2-c1ccc2c(c1)OCCO2. The number of halogens is 1. The summed E-state index contributed by atoms with van der Waals surface area (Å²) in [5.41, 5.74) is 6.11. The molecule has 2 heterocycles. The molecule has 4 nitrogen and oxygen atoms in total. The summed E-state index contributed by atoms with van der Waals surface area (Å²) in [6.07, 6.45) is 1.33. The van der Waals surface area contributed by atoms with E-state index in [-0.39, 0.29) is 11.7 Å². The number of aromatic nitrogens is 1. The molecule has 1 atom stereocenters. The summed E-state index contributed by atoms with van der Waals surface area (Å²) in [7, 11) is 0. The van der Waals surface area contributed by atoms with Gasteiger partial charge >= 0.3 is 0 Å². The molecule has 1 aliphatic heterocycles. The summed E-state index contributed by atoms with van der Waals surface area (Å²) >= 11 is 3.53. The van der Waals surface area contributed by atoms with Gasteiger partial charge in [-0.1, -0.05) is 58.4 Å². The minimum atomic E-state index is 0.162. The van der Waals surface area contributed by atoms with Crippen LogP contribution < -0.4 is 9.47 Å². The fourth-order valence-corrected chi connectivity index (χ4v) is 5.16. The van der Waals surface area contributed by atoms with Crippen molar-refractivity contribution in [3.05, 3.63) is 100 Å². The van der Waals surface area contributed by atoms with E-state index in [0.717, 1.165) is 50.6 Å². The topological polar surface area (TPSA) is 40.5 Å². The Kier molecular flexibility index (Phi) is 5.07. The van der Waals surface area contributed by atoms with E-state index < -0.39 is 0 Å². The molecule has 0 unspecified atom stereocenters. The average molecular weight is 500 g/mol. The van der Waals surface area contributed by atoms with Gasteiger partial charge in [0.15, 0.2) is 17.3 Å². The van der Waals surface area contributed by atoms with Crippen LogP contribution in [0, 0.1) is 0 Å². The molecule has 164 valence electrons. The van der Waals surface area contributed by atoms with Crippen LogP contribution in [0.2, 0.25) is 0 Å². The molecule has 4 aromatic rings. The Morgan fingerprint density at radius 2 is 1.58 bits per heavy atom. The lowest BCUT2D eigenvalue weighted by molar-refractivity contribution is 0.0963. The van der Waals surface area contributed by atoms with E-state index in [9.17, 15) is 4.79 Å². The van der Waals surface area contributed by atoms with Gasteiger partial charge in [-0.05, 0) is 53.8 Å². The predicted molar refractivity (Wildman–Crippen MR) is 132 cm³/mol. The molecule has 2 aliphatic rings. The number of carbonyl (C=O) groups is 1. The van der Waals surface area contributed by atoms with Gasteiger partial charge in [0.2, 0.25) is 0 Å². The minimum absolute atomic E-state index is 0.162. The zero-order valence-electron chi connectivity index (χ0n) is 18.0. The number of ketones is 1. The van der Waals surface area contributed by atoms with E-state index in [1.54, 1.807) is 0 Å². The molecule has 3 aromatic carbocycles. The first-order valence-electron chi connectivity index (χ1n) is 11.2. The summed E-state index contributed by atoms with van der Waals surface area (Å²) < 4.78 is 14.9. The third-order valence-electron chi connectivity index (χ3n) is 6.47. The molecule has 0 saturated carbocycles. The molecule has 5 heteroatoms. The zero-order chi connectivity index (χ0) is 22.4. The van der Waals surface area contributed by atoms with Crippen LogP contribution in [0.15, 0.2) is 83.3 Å². The number of carbonyl (C=O) groups excluding carboxylic acids is 1. The van der Waals surface area contributed by atoms with Crippen molar-refractivity contribution in [1.82, 2.24) is 4.57 Å². The molecule has 0 fully saturated rings. The van der Waals surface area contributed by atoms with E-state index in [4.69, 9.17) is 9.47 Å². The number of ether oxygens (including phenoxy) is 2. The molecule has 6 rings (SSSR count). The lowest BCUT2D eigenvalue weighted by Gasteiger charge is -2.25.